The Morgan fingerprint density at radius 2 is 1.69 bits per heavy atom. The number of furan rings is 1. The van der Waals surface area contributed by atoms with Crippen LogP contribution in [0.1, 0.15) is 38.5 Å². The number of hydrogen-bond acceptors (Lipinski definition) is 6. The molecule has 0 bridgehead atoms. The van der Waals surface area contributed by atoms with E-state index in [1.54, 1.807) is 53.4 Å². The molecule has 42 heavy (non-hydrogen) atoms. The third-order valence-electron chi connectivity index (χ3n) is 7.05. The van der Waals surface area contributed by atoms with Gasteiger partial charge in [-0.25, -0.2) is 12.8 Å². The first kappa shape index (κ1) is 28.9. The number of sulfonamides is 1. The highest BCUT2D eigenvalue weighted by atomic mass is 32.2. The number of nitrogens with zero attached hydrogens (tertiary/aromatic N) is 2. The monoisotopic (exact) mass is 590 g/mol. The number of benzene rings is 3. The molecule has 0 unspecified atom stereocenters. The van der Waals surface area contributed by atoms with E-state index in [1.165, 1.54) is 36.6 Å². The largest absolute Gasteiger partial charge is 0.459 e. The predicted octanol–water partition coefficient (Wildman–Crippen LogP) is 4.81. The van der Waals surface area contributed by atoms with Crippen molar-refractivity contribution in [1.29, 1.82) is 0 Å². The molecule has 5 rings (SSSR count). The van der Waals surface area contributed by atoms with Crippen LogP contribution in [0.4, 0.5) is 15.8 Å². The zero-order chi connectivity index (χ0) is 29.7. The first-order valence-electron chi connectivity index (χ1n) is 13.5. The molecule has 9 nitrogen and oxygen atoms in total. The van der Waals surface area contributed by atoms with Crippen LogP contribution in [0.15, 0.2) is 94.4 Å². The van der Waals surface area contributed by atoms with Crippen molar-refractivity contribution in [1.82, 2.24) is 10.2 Å². The van der Waals surface area contributed by atoms with Gasteiger partial charge in [-0.2, -0.15) is 0 Å². The van der Waals surface area contributed by atoms with Crippen LogP contribution < -0.4 is 14.9 Å². The van der Waals surface area contributed by atoms with Crippen molar-refractivity contribution in [3.8, 4) is 0 Å². The Morgan fingerprint density at radius 1 is 0.929 bits per heavy atom. The third-order valence-corrected chi connectivity index (χ3v) is 8.44. The Bertz CT molecular complexity index is 1660. The van der Waals surface area contributed by atoms with E-state index < -0.39 is 15.9 Å². The van der Waals surface area contributed by atoms with Gasteiger partial charge in [-0.15, -0.1) is 0 Å². The normalized spacial score (nSPS) is 13.9. The minimum Gasteiger partial charge on any atom is -0.459 e. The predicted molar refractivity (Wildman–Crippen MR) is 157 cm³/mol. The van der Waals surface area contributed by atoms with Crippen LogP contribution in [0.2, 0.25) is 0 Å². The first-order valence-corrected chi connectivity index (χ1v) is 15.0. The molecule has 2 heterocycles. The summed E-state index contributed by atoms with van der Waals surface area (Å²) in [5, 5.41) is 2.86. The van der Waals surface area contributed by atoms with Crippen LogP contribution in [0.3, 0.4) is 0 Å². The van der Waals surface area contributed by atoms with E-state index in [4.69, 9.17) is 4.42 Å². The zero-order valence-corrected chi connectivity index (χ0v) is 23.9. The average Bonchev–Trinajstić information content (AvgIpc) is 3.41. The molecular weight excluding hydrogens is 559 g/mol. The molecule has 218 valence electrons. The van der Waals surface area contributed by atoms with Gasteiger partial charge in [0.25, 0.3) is 21.8 Å². The van der Waals surface area contributed by atoms with Gasteiger partial charge in [0.15, 0.2) is 5.76 Å². The van der Waals surface area contributed by atoms with Crippen LogP contribution in [0.25, 0.3) is 0 Å². The molecule has 2 N–H and O–H groups in total. The summed E-state index contributed by atoms with van der Waals surface area (Å²) in [5.74, 6) is -0.713. The van der Waals surface area contributed by atoms with Gasteiger partial charge in [-0.3, -0.25) is 14.3 Å². The Labute approximate surface area is 244 Å². The summed E-state index contributed by atoms with van der Waals surface area (Å²) in [7, 11) is -3.90. The quantitative estimate of drug-likeness (QED) is 0.305. The van der Waals surface area contributed by atoms with Gasteiger partial charge >= 0.3 is 0 Å². The van der Waals surface area contributed by atoms with Gasteiger partial charge in [-0.1, -0.05) is 29.8 Å². The highest BCUT2D eigenvalue weighted by molar-refractivity contribution is 7.92. The standard InChI is InChI=1S/C31H31FN4O5S/c1-22-5-12-26(13-6-22)42(39,40)34-25-11-14-28(27(20-25)30(37)33-21-23-7-9-24(32)10-8-23)35-15-3-16-36(18-17-35)31(38)29-4-2-19-41-29/h2,4-14,19-20,34H,3,15-18,21H2,1H3,(H,33,37). The van der Waals surface area contributed by atoms with Crippen molar-refractivity contribution in [3.05, 3.63) is 113 Å². The number of amides is 2. The van der Waals surface area contributed by atoms with Crippen molar-refractivity contribution in [3.63, 3.8) is 0 Å². The van der Waals surface area contributed by atoms with E-state index in [0.717, 1.165) is 5.56 Å². The SMILES string of the molecule is Cc1ccc(S(=O)(=O)Nc2ccc(N3CCCN(C(=O)c4ccco4)CC3)c(C(=O)NCc3ccc(F)cc3)c2)cc1. The molecule has 1 aliphatic heterocycles. The summed E-state index contributed by atoms with van der Waals surface area (Å²) in [6, 6.07) is 20.4. The van der Waals surface area contributed by atoms with Crippen LogP contribution >= 0.6 is 0 Å². The molecule has 1 fully saturated rings. The minimum absolute atomic E-state index is 0.105. The molecular formula is C31H31FN4O5S. The van der Waals surface area contributed by atoms with E-state index in [1.807, 2.05) is 11.8 Å². The first-order chi connectivity index (χ1) is 20.2. The highest BCUT2D eigenvalue weighted by Gasteiger charge is 2.25. The zero-order valence-electron chi connectivity index (χ0n) is 23.0. The number of halogens is 1. The fraction of sp³-hybridized carbons (Fsp3) is 0.226. The highest BCUT2D eigenvalue weighted by Crippen LogP contribution is 2.28. The molecule has 1 aliphatic rings. The summed E-state index contributed by atoms with van der Waals surface area (Å²) in [6.45, 7) is 4.00. The van der Waals surface area contributed by atoms with Crippen LogP contribution in [0.5, 0.6) is 0 Å². The topological polar surface area (TPSA) is 112 Å². The lowest BCUT2D eigenvalue weighted by atomic mass is 10.1. The Hall–Kier alpha value is -4.64. The second kappa shape index (κ2) is 12.5. The van der Waals surface area contributed by atoms with E-state index in [-0.39, 0.29) is 40.2 Å². The number of anilines is 2. The molecule has 2 amide bonds. The number of aryl methyl sites for hydroxylation is 1. The molecule has 0 saturated carbocycles. The molecule has 0 spiro atoms. The van der Waals surface area contributed by atoms with Gasteiger partial charge in [-0.05, 0) is 73.5 Å². The number of rotatable bonds is 8. The summed E-state index contributed by atoms with van der Waals surface area (Å²) in [6.07, 6.45) is 2.12. The smallest absolute Gasteiger partial charge is 0.289 e. The maximum atomic E-state index is 13.5. The number of carbonyl (C=O) groups is 2. The third kappa shape index (κ3) is 6.80. The fourth-order valence-electron chi connectivity index (χ4n) is 4.79. The van der Waals surface area contributed by atoms with E-state index in [0.29, 0.717) is 43.9 Å². The molecule has 3 aromatic carbocycles. The average molecular weight is 591 g/mol. The van der Waals surface area contributed by atoms with Crippen molar-refractivity contribution in [2.24, 2.45) is 0 Å². The van der Waals surface area contributed by atoms with Gasteiger partial charge in [0.2, 0.25) is 0 Å². The van der Waals surface area contributed by atoms with Crippen molar-refractivity contribution < 1.29 is 26.8 Å². The van der Waals surface area contributed by atoms with E-state index in [9.17, 15) is 22.4 Å². The van der Waals surface area contributed by atoms with Crippen LogP contribution in [-0.2, 0) is 16.6 Å². The number of nitrogens with one attached hydrogen (secondary N) is 2. The van der Waals surface area contributed by atoms with Crippen molar-refractivity contribution in [2.75, 3.05) is 35.8 Å². The van der Waals surface area contributed by atoms with E-state index >= 15 is 0 Å². The van der Waals surface area contributed by atoms with Crippen LogP contribution in [-0.4, -0.2) is 51.3 Å². The maximum absolute atomic E-state index is 13.5. The summed E-state index contributed by atoms with van der Waals surface area (Å²) >= 11 is 0. The molecule has 1 saturated heterocycles. The molecule has 11 heteroatoms. The van der Waals surface area contributed by atoms with Crippen molar-refractivity contribution in [2.45, 2.75) is 24.8 Å². The molecule has 4 aromatic rings. The number of carbonyl (C=O) groups excluding carboxylic acids is 2. The molecule has 0 aliphatic carbocycles. The number of hydrogen-bond donors (Lipinski definition) is 2. The summed E-state index contributed by atoms with van der Waals surface area (Å²) in [5.41, 5.74) is 2.75. The van der Waals surface area contributed by atoms with Gasteiger partial charge < -0.3 is 19.5 Å². The summed E-state index contributed by atoms with van der Waals surface area (Å²) in [4.78, 5) is 30.2. The van der Waals surface area contributed by atoms with Crippen LogP contribution in [0, 0.1) is 12.7 Å². The molecule has 0 atom stereocenters. The lowest BCUT2D eigenvalue weighted by Crippen LogP contribution is -2.35. The van der Waals surface area contributed by atoms with Gasteiger partial charge in [0.05, 0.1) is 16.7 Å². The Morgan fingerprint density at radius 3 is 2.40 bits per heavy atom. The lowest BCUT2D eigenvalue weighted by molar-refractivity contribution is 0.0734. The minimum atomic E-state index is -3.90. The fourth-order valence-corrected chi connectivity index (χ4v) is 5.84. The van der Waals surface area contributed by atoms with Gasteiger partial charge in [0.1, 0.15) is 5.82 Å². The second-order valence-electron chi connectivity index (χ2n) is 10.1. The van der Waals surface area contributed by atoms with Crippen molar-refractivity contribution >= 4 is 33.2 Å². The Kier molecular flexibility index (Phi) is 8.58. The molecule has 0 radical (unpaired) electrons. The molecule has 1 aromatic heterocycles. The van der Waals surface area contributed by atoms with E-state index in [2.05, 4.69) is 10.0 Å². The summed E-state index contributed by atoms with van der Waals surface area (Å²) < 4.78 is 47.3. The Balaban J connectivity index is 1.40. The van der Waals surface area contributed by atoms with Gasteiger partial charge in [0, 0.05) is 44.1 Å². The maximum Gasteiger partial charge on any atom is 0.289 e. The second-order valence-corrected chi connectivity index (χ2v) is 11.8. The lowest BCUT2D eigenvalue weighted by Gasteiger charge is -2.26.